The fourth-order valence-electron chi connectivity index (χ4n) is 1.90. The van der Waals surface area contributed by atoms with Crippen LogP contribution in [0.4, 0.5) is 10.5 Å². The Kier molecular flexibility index (Phi) is 4.43. The Hall–Kier alpha value is -2.26. The summed E-state index contributed by atoms with van der Waals surface area (Å²) >= 11 is 5.87. The minimum absolute atomic E-state index is 0.0686. The number of nitriles is 1. The maximum absolute atomic E-state index is 11.4. The van der Waals surface area contributed by atoms with Crippen LogP contribution in [0.5, 0.6) is 0 Å². The monoisotopic (exact) mass is 292 g/mol. The van der Waals surface area contributed by atoms with Gasteiger partial charge in [-0.2, -0.15) is 5.26 Å². The Morgan fingerprint density at radius 3 is 2.90 bits per heavy atom. The molecule has 1 aromatic carbocycles. The lowest BCUT2D eigenvalue weighted by Crippen LogP contribution is -2.32. The van der Waals surface area contributed by atoms with E-state index in [0.29, 0.717) is 35.8 Å². The Bertz CT molecular complexity index is 566. The maximum Gasteiger partial charge on any atom is 0.324 e. The predicted molar refractivity (Wildman–Crippen MR) is 74.4 cm³/mol. The highest BCUT2D eigenvalue weighted by Crippen LogP contribution is 2.20. The third-order valence-corrected chi connectivity index (χ3v) is 3.15. The third kappa shape index (κ3) is 3.19. The number of urea groups is 1. The summed E-state index contributed by atoms with van der Waals surface area (Å²) in [5.41, 5.74) is 1.15. The average molecular weight is 293 g/mol. The van der Waals surface area contributed by atoms with Crippen LogP contribution in [0.15, 0.2) is 18.2 Å². The second kappa shape index (κ2) is 6.26. The van der Waals surface area contributed by atoms with E-state index in [9.17, 15) is 9.59 Å². The van der Waals surface area contributed by atoms with Crippen LogP contribution in [0.3, 0.4) is 0 Å². The summed E-state index contributed by atoms with van der Waals surface area (Å²) in [6.07, 6.45) is 0.594. The van der Waals surface area contributed by atoms with Gasteiger partial charge >= 0.3 is 6.03 Å². The van der Waals surface area contributed by atoms with Gasteiger partial charge in [0.25, 0.3) is 0 Å². The van der Waals surface area contributed by atoms with E-state index in [4.69, 9.17) is 16.9 Å². The second-order valence-electron chi connectivity index (χ2n) is 4.29. The van der Waals surface area contributed by atoms with Crippen molar-refractivity contribution in [1.29, 1.82) is 5.26 Å². The first-order valence-electron chi connectivity index (χ1n) is 6.13. The molecule has 1 saturated heterocycles. The molecule has 1 heterocycles. The van der Waals surface area contributed by atoms with Gasteiger partial charge in [-0.25, -0.2) is 4.79 Å². The summed E-state index contributed by atoms with van der Waals surface area (Å²) in [6, 6.07) is 6.68. The van der Waals surface area contributed by atoms with E-state index in [1.54, 1.807) is 18.2 Å². The molecule has 0 bridgehead atoms. The van der Waals surface area contributed by atoms with Gasteiger partial charge in [-0.05, 0) is 24.6 Å². The fraction of sp³-hybridized carbons (Fsp3) is 0.308. The minimum Gasteiger partial charge on any atom is -0.384 e. The van der Waals surface area contributed by atoms with Crippen molar-refractivity contribution in [1.82, 2.24) is 10.2 Å². The van der Waals surface area contributed by atoms with Crippen LogP contribution in [0.2, 0.25) is 5.02 Å². The summed E-state index contributed by atoms with van der Waals surface area (Å²) in [7, 11) is 0. The van der Waals surface area contributed by atoms with Gasteiger partial charge in [0.1, 0.15) is 6.07 Å². The summed E-state index contributed by atoms with van der Waals surface area (Å²) in [6.45, 7) is 0.950. The van der Waals surface area contributed by atoms with Crippen molar-refractivity contribution >= 4 is 29.2 Å². The van der Waals surface area contributed by atoms with Crippen LogP contribution in [0.1, 0.15) is 12.0 Å². The number of amides is 3. The van der Waals surface area contributed by atoms with Crippen LogP contribution in [0.25, 0.3) is 0 Å². The Balaban J connectivity index is 1.85. The molecule has 6 nitrogen and oxygen atoms in total. The zero-order valence-electron chi connectivity index (χ0n) is 10.6. The number of anilines is 1. The zero-order valence-corrected chi connectivity index (χ0v) is 11.4. The molecule has 0 radical (unpaired) electrons. The van der Waals surface area contributed by atoms with Gasteiger partial charge in [-0.1, -0.05) is 11.6 Å². The molecule has 1 aromatic rings. The van der Waals surface area contributed by atoms with Crippen molar-refractivity contribution < 1.29 is 9.59 Å². The first-order valence-corrected chi connectivity index (χ1v) is 6.51. The van der Waals surface area contributed by atoms with Crippen molar-refractivity contribution in [3.05, 3.63) is 28.8 Å². The molecule has 20 heavy (non-hydrogen) atoms. The van der Waals surface area contributed by atoms with Crippen molar-refractivity contribution in [2.45, 2.75) is 6.42 Å². The summed E-state index contributed by atoms with van der Waals surface area (Å²) in [4.78, 5) is 23.8. The van der Waals surface area contributed by atoms with Crippen LogP contribution in [-0.2, 0) is 4.79 Å². The lowest BCUT2D eigenvalue weighted by Gasteiger charge is -2.13. The molecule has 0 aromatic heterocycles. The van der Waals surface area contributed by atoms with Crippen molar-refractivity contribution in [3.63, 3.8) is 0 Å². The van der Waals surface area contributed by atoms with E-state index in [0.717, 1.165) is 0 Å². The Morgan fingerprint density at radius 2 is 2.25 bits per heavy atom. The van der Waals surface area contributed by atoms with Gasteiger partial charge in [0.05, 0.1) is 17.8 Å². The predicted octanol–water partition coefficient (Wildman–Crippen LogP) is 1.57. The lowest BCUT2D eigenvalue weighted by molar-refractivity contribution is -0.124. The van der Waals surface area contributed by atoms with Crippen LogP contribution in [0, 0.1) is 11.3 Å². The Labute approximate surface area is 121 Å². The molecule has 0 saturated carbocycles. The average Bonchev–Trinajstić information content (AvgIpc) is 2.75. The van der Waals surface area contributed by atoms with E-state index in [1.165, 1.54) is 4.90 Å². The molecule has 2 rings (SSSR count). The van der Waals surface area contributed by atoms with Gasteiger partial charge < -0.3 is 10.6 Å². The number of imide groups is 1. The van der Waals surface area contributed by atoms with Crippen molar-refractivity contribution in [3.8, 4) is 6.07 Å². The smallest absolute Gasteiger partial charge is 0.324 e. The number of benzene rings is 1. The number of halogens is 1. The molecule has 7 heteroatoms. The van der Waals surface area contributed by atoms with Gasteiger partial charge in [-0.3, -0.25) is 9.69 Å². The molecule has 0 aliphatic carbocycles. The SMILES string of the molecule is N#Cc1ccc(Cl)cc1NCCCN1C(=O)CNC1=O. The first kappa shape index (κ1) is 14.2. The molecular weight excluding hydrogens is 280 g/mol. The van der Waals surface area contributed by atoms with Crippen LogP contribution >= 0.6 is 11.6 Å². The largest absolute Gasteiger partial charge is 0.384 e. The fourth-order valence-corrected chi connectivity index (χ4v) is 2.07. The van der Waals surface area contributed by atoms with E-state index in [1.807, 2.05) is 0 Å². The molecule has 0 atom stereocenters. The molecule has 1 fully saturated rings. The number of carbonyl (C=O) groups is 2. The van der Waals surface area contributed by atoms with Crippen LogP contribution in [-0.4, -0.2) is 36.5 Å². The topological polar surface area (TPSA) is 85.2 Å². The summed E-state index contributed by atoms with van der Waals surface area (Å²) in [5.74, 6) is -0.213. The summed E-state index contributed by atoms with van der Waals surface area (Å²) in [5, 5.41) is 15.1. The van der Waals surface area contributed by atoms with E-state index in [-0.39, 0.29) is 18.5 Å². The second-order valence-corrected chi connectivity index (χ2v) is 4.72. The molecule has 0 unspecified atom stereocenters. The molecule has 0 spiro atoms. The highest BCUT2D eigenvalue weighted by molar-refractivity contribution is 6.30. The molecule has 3 amide bonds. The summed E-state index contributed by atoms with van der Waals surface area (Å²) < 4.78 is 0. The standard InChI is InChI=1S/C13H13ClN4O2/c14-10-3-2-9(7-15)11(6-10)16-4-1-5-18-12(19)8-17-13(18)20/h2-3,6,16H,1,4-5,8H2,(H,17,20). The minimum atomic E-state index is -0.351. The maximum atomic E-state index is 11.4. The third-order valence-electron chi connectivity index (χ3n) is 2.91. The number of rotatable bonds is 5. The van der Waals surface area contributed by atoms with E-state index in [2.05, 4.69) is 16.7 Å². The first-order chi connectivity index (χ1) is 9.61. The van der Waals surface area contributed by atoms with Gasteiger partial charge in [0, 0.05) is 18.1 Å². The molecule has 1 aliphatic rings. The van der Waals surface area contributed by atoms with Gasteiger partial charge in [0.2, 0.25) is 5.91 Å². The zero-order chi connectivity index (χ0) is 14.5. The molecular formula is C13H13ClN4O2. The van der Waals surface area contributed by atoms with Crippen molar-refractivity contribution in [2.75, 3.05) is 25.0 Å². The number of nitrogens with zero attached hydrogens (tertiary/aromatic N) is 2. The quantitative estimate of drug-likeness (QED) is 0.637. The van der Waals surface area contributed by atoms with E-state index < -0.39 is 0 Å². The number of carbonyl (C=O) groups excluding carboxylic acids is 2. The van der Waals surface area contributed by atoms with Gasteiger partial charge in [-0.15, -0.1) is 0 Å². The molecule has 2 N–H and O–H groups in total. The Morgan fingerprint density at radius 1 is 1.45 bits per heavy atom. The molecule has 1 aliphatic heterocycles. The lowest BCUT2D eigenvalue weighted by atomic mass is 10.2. The number of hydrogen-bond acceptors (Lipinski definition) is 4. The highest BCUT2D eigenvalue weighted by atomic mass is 35.5. The van der Waals surface area contributed by atoms with Crippen LogP contribution < -0.4 is 10.6 Å². The van der Waals surface area contributed by atoms with Gasteiger partial charge in [0.15, 0.2) is 0 Å². The molecule has 104 valence electrons. The number of hydrogen-bond donors (Lipinski definition) is 2. The normalized spacial score (nSPS) is 14.1. The highest BCUT2D eigenvalue weighted by Gasteiger charge is 2.27. The number of nitrogens with one attached hydrogen (secondary N) is 2. The van der Waals surface area contributed by atoms with Crippen molar-refractivity contribution in [2.24, 2.45) is 0 Å². The van der Waals surface area contributed by atoms with E-state index >= 15 is 0 Å².